The summed E-state index contributed by atoms with van der Waals surface area (Å²) in [6, 6.07) is 0. The average Bonchev–Trinajstić information content (AvgIpc) is 2.32. The van der Waals surface area contributed by atoms with Crippen molar-refractivity contribution in [3.05, 3.63) is 27.0 Å². The van der Waals surface area contributed by atoms with Crippen molar-refractivity contribution in [2.24, 2.45) is 0 Å². The Hall–Kier alpha value is -0.550. The first kappa shape index (κ1) is 14.5. The number of pyridine rings is 1. The van der Waals surface area contributed by atoms with Crippen LogP contribution in [0.2, 0.25) is 15.1 Å². The summed E-state index contributed by atoms with van der Waals surface area (Å²) in [6.45, 7) is 1.94. The number of aliphatic hydroxyl groups is 1. The molecule has 0 aliphatic carbocycles. The van der Waals surface area contributed by atoms with Gasteiger partial charge in [-0.05, 0) is 6.42 Å². The third kappa shape index (κ3) is 3.71. The molecule has 0 spiro atoms. The Bertz CT molecular complexity index is 426. The molecule has 0 saturated heterocycles. The van der Waals surface area contributed by atoms with Gasteiger partial charge in [0.15, 0.2) is 0 Å². The highest BCUT2D eigenvalue weighted by molar-refractivity contribution is 6.48. The summed E-state index contributed by atoms with van der Waals surface area (Å²) < 4.78 is 0. The number of carbonyl (C=O) groups excluding carboxylic acids is 1. The zero-order chi connectivity index (χ0) is 13.0. The minimum absolute atomic E-state index is 0.00246. The molecule has 7 heteroatoms. The van der Waals surface area contributed by atoms with Crippen LogP contribution in [0.5, 0.6) is 0 Å². The minimum Gasteiger partial charge on any atom is -0.391 e. The second-order valence-electron chi connectivity index (χ2n) is 3.35. The highest BCUT2D eigenvalue weighted by atomic mass is 35.5. The average molecular weight is 298 g/mol. The molecule has 0 bridgehead atoms. The Kier molecular flexibility index (Phi) is 5.46. The van der Waals surface area contributed by atoms with Gasteiger partial charge in [-0.2, -0.15) is 0 Å². The van der Waals surface area contributed by atoms with E-state index in [1.54, 1.807) is 6.92 Å². The standard InChI is InChI=1S/C10H11Cl3N2O2/c1-2-5(16)3-15-10(17)9-8(13)7(12)6(11)4-14-9/h4-5,16H,2-3H2,1H3,(H,15,17). The highest BCUT2D eigenvalue weighted by Crippen LogP contribution is 2.30. The van der Waals surface area contributed by atoms with E-state index >= 15 is 0 Å². The van der Waals surface area contributed by atoms with Crippen molar-refractivity contribution in [2.75, 3.05) is 6.54 Å². The number of aromatic nitrogens is 1. The van der Waals surface area contributed by atoms with Crippen molar-refractivity contribution >= 4 is 40.7 Å². The van der Waals surface area contributed by atoms with Gasteiger partial charge in [-0.25, -0.2) is 4.98 Å². The van der Waals surface area contributed by atoms with Gasteiger partial charge >= 0.3 is 0 Å². The van der Waals surface area contributed by atoms with Crippen molar-refractivity contribution in [1.82, 2.24) is 10.3 Å². The Labute approximate surface area is 114 Å². The molecule has 2 N–H and O–H groups in total. The summed E-state index contributed by atoms with van der Waals surface area (Å²) >= 11 is 17.3. The number of hydrogen-bond acceptors (Lipinski definition) is 3. The summed E-state index contributed by atoms with van der Waals surface area (Å²) in [4.78, 5) is 15.5. The van der Waals surface area contributed by atoms with Gasteiger partial charge in [0, 0.05) is 12.7 Å². The van der Waals surface area contributed by atoms with Crippen LogP contribution in [0.4, 0.5) is 0 Å². The lowest BCUT2D eigenvalue weighted by Gasteiger charge is -2.10. The highest BCUT2D eigenvalue weighted by Gasteiger charge is 2.17. The van der Waals surface area contributed by atoms with E-state index in [1.807, 2.05) is 0 Å². The Morgan fingerprint density at radius 3 is 2.71 bits per heavy atom. The van der Waals surface area contributed by atoms with Crippen LogP contribution in [-0.2, 0) is 0 Å². The molecule has 0 fully saturated rings. The first-order chi connectivity index (χ1) is 7.97. The molecule has 1 unspecified atom stereocenters. The number of hydrogen-bond donors (Lipinski definition) is 2. The minimum atomic E-state index is -0.597. The first-order valence-electron chi connectivity index (χ1n) is 4.93. The van der Waals surface area contributed by atoms with E-state index in [-0.39, 0.29) is 27.3 Å². The van der Waals surface area contributed by atoms with Crippen LogP contribution in [0.25, 0.3) is 0 Å². The lowest BCUT2D eigenvalue weighted by atomic mass is 10.2. The number of carbonyl (C=O) groups is 1. The second kappa shape index (κ2) is 6.40. The fourth-order valence-corrected chi connectivity index (χ4v) is 1.61. The lowest BCUT2D eigenvalue weighted by Crippen LogP contribution is -2.32. The molecule has 1 atom stereocenters. The quantitative estimate of drug-likeness (QED) is 0.898. The van der Waals surface area contributed by atoms with Crippen molar-refractivity contribution < 1.29 is 9.90 Å². The SMILES string of the molecule is CCC(O)CNC(=O)c1ncc(Cl)c(Cl)c1Cl. The van der Waals surface area contributed by atoms with Crippen molar-refractivity contribution in [3.8, 4) is 0 Å². The molecule has 0 radical (unpaired) electrons. The van der Waals surface area contributed by atoms with Crippen LogP contribution in [0.3, 0.4) is 0 Å². The first-order valence-corrected chi connectivity index (χ1v) is 6.06. The predicted molar refractivity (Wildman–Crippen MR) is 67.9 cm³/mol. The van der Waals surface area contributed by atoms with E-state index in [1.165, 1.54) is 6.20 Å². The summed E-state index contributed by atoms with van der Waals surface area (Å²) in [5, 5.41) is 12.1. The Balaban J connectivity index is 2.80. The van der Waals surface area contributed by atoms with Gasteiger partial charge in [-0.1, -0.05) is 41.7 Å². The maximum Gasteiger partial charge on any atom is 0.271 e. The maximum atomic E-state index is 11.7. The van der Waals surface area contributed by atoms with Crippen LogP contribution in [-0.4, -0.2) is 28.6 Å². The molecule has 1 aromatic heterocycles. The van der Waals surface area contributed by atoms with E-state index < -0.39 is 12.0 Å². The zero-order valence-corrected chi connectivity index (χ0v) is 11.3. The van der Waals surface area contributed by atoms with Gasteiger partial charge in [0.1, 0.15) is 5.69 Å². The molecule has 1 aromatic rings. The van der Waals surface area contributed by atoms with Crippen LogP contribution in [0.15, 0.2) is 6.20 Å². The van der Waals surface area contributed by atoms with Crippen LogP contribution in [0, 0.1) is 0 Å². The van der Waals surface area contributed by atoms with Crippen molar-refractivity contribution in [2.45, 2.75) is 19.4 Å². The molecule has 0 aliphatic heterocycles. The number of rotatable bonds is 4. The van der Waals surface area contributed by atoms with Crippen LogP contribution < -0.4 is 5.32 Å². The lowest BCUT2D eigenvalue weighted by molar-refractivity contribution is 0.0909. The van der Waals surface area contributed by atoms with Crippen LogP contribution in [0.1, 0.15) is 23.8 Å². The fraction of sp³-hybridized carbons (Fsp3) is 0.400. The van der Waals surface area contributed by atoms with E-state index in [9.17, 15) is 9.90 Å². The smallest absolute Gasteiger partial charge is 0.271 e. The van der Waals surface area contributed by atoms with E-state index in [0.29, 0.717) is 6.42 Å². The molecule has 1 rings (SSSR count). The molecule has 17 heavy (non-hydrogen) atoms. The van der Waals surface area contributed by atoms with Gasteiger partial charge < -0.3 is 10.4 Å². The molecule has 0 aliphatic rings. The Morgan fingerprint density at radius 2 is 2.12 bits per heavy atom. The van der Waals surface area contributed by atoms with Gasteiger partial charge in [0.05, 0.1) is 21.2 Å². The monoisotopic (exact) mass is 296 g/mol. The zero-order valence-electron chi connectivity index (χ0n) is 9.01. The van der Waals surface area contributed by atoms with Crippen LogP contribution >= 0.6 is 34.8 Å². The topological polar surface area (TPSA) is 62.2 Å². The summed E-state index contributed by atoms with van der Waals surface area (Å²) in [5.74, 6) is -0.499. The van der Waals surface area contributed by atoms with Crippen molar-refractivity contribution in [3.63, 3.8) is 0 Å². The summed E-state index contributed by atoms with van der Waals surface area (Å²) in [5.41, 5.74) is -0.00984. The third-order valence-electron chi connectivity index (χ3n) is 2.10. The largest absolute Gasteiger partial charge is 0.391 e. The number of amides is 1. The summed E-state index contributed by atoms with van der Waals surface area (Å²) in [7, 11) is 0. The molecule has 0 aromatic carbocycles. The number of nitrogens with zero attached hydrogens (tertiary/aromatic N) is 1. The maximum absolute atomic E-state index is 11.7. The van der Waals surface area contributed by atoms with Gasteiger partial charge in [0.2, 0.25) is 0 Å². The number of halogens is 3. The van der Waals surface area contributed by atoms with E-state index in [0.717, 1.165) is 0 Å². The van der Waals surface area contributed by atoms with Gasteiger partial charge in [0.25, 0.3) is 5.91 Å². The molecule has 1 heterocycles. The summed E-state index contributed by atoms with van der Waals surface area (Å²) in [6.07, 6.45) is 1.20. The van der Waals surface area contributed by atoms with E-state index in [4.69, 9.17) is 34.8 Å². The molecular weight excluding hydrogens is 286 g/mol. The van der Waals surface area contributed by atoms with Gasteiger partial charge in [-0.3, -0.25) is 4.79 Å². The van der Waals surface area contributed by atoms with E-state index in [2.05, 4.69) is 10.3 Å². The fourth-order valence-electron chi connectivity index (χ4n) is 1.04. The second-order valence-corrected chi connectivity index (χ2v) is 4.52. The molecule has 1 amide bonds. The third-order valence-corrected chi connectivity index (χ3v) is 3.34. The Morgan fingerprint density at radius 1 is 1.47 bits per heavy atom. The normalized spacial score (nSPS) is 12.3. The number of nitrogens with one attached hydrogen (secondary N) is 1. The number of aliphatic hydroxyl groups excluding tert-OH is 1. The van der Waals surface area contributed by atoms with Gasteiger partial charge in [-0.15, -0.1) is 0 Å². The van der Waals surface area contributed by atoms with Crippen molar-refractivity contribution in [1.29, 1.82) is 0 Å². The molecule has 4 nitrogen and oxygen atoms in total. The molecule has 0 saturated carbocycles. The predicted octanol–water partition coefficient (Wildman–Crippen LogP) is 2.54. The molecular formula is C10H11Cl3N2O2. The molecule has 94 valence electrons.